The summed E-state index contributed by atoms with van der Waals surface area (Å²) in [5.74, 6) is 0.695. The molecule has 2 aliphatic rings. The Labute approximate surface area is 91.5 Å². The van der Waals surface area contributed by atoms with E-state index in [9.17, 15) is 4.79 Å². The Kier molecular flexibility index (Phi) is 3.29. The minimum Gasteiger partial charge on any atom is -0.481 e. The van der Waals surface area contributed by atoms with Crippen molar-refractivity contribution in [2.75, 3.05) is 20.1 Å². The van der Waals surface area contributed by atoms with Gasteiger partial charge in [0.2, 0.25) is 0 Å². The molecule has 1 saturated carbocycles. The van der Waals surface area contributed by atoms with Gasteiger partial charge in [-0.15, -0.1) is 0 Å². The third-order valence-corrected chi connectivity index (χ3v) is 4.08. The summed E-state index contributed by atoms with van der Waals surface area (Å²) in [6, 6.07) is 0. The molecular formula is C12H21NO2. The van der Waals surface area contributed by atoms with Gasteiger partial charge in [0, 0.05) is 13.1 Å². The average Bonchev–Trinajstić information content (AvgIpc) is 2.69. The third-order valence-electron chi connectivity index (χ3n) is 4.08. The number of carboxylic acids is 1. The van der Waals surface area contributed by atoms with Crippen molar-refractivity contribution >= 4 is 5.97 Å². The van der Waals surface area contributed by atoms with Gasteiger partial charge in [0.25, 0.3) is 0 Å². The first-order chi connectivity index (χ1) is 7.16. The summed E-state index contributed by atoms with van der Waals surface area (Å²) in [7, 11) is 2.05. The van der Waals surface area contributed by atoms with Crippen molar-refractivity contribution in [3.8, 4) is 0 Å². The maximum absolute atomic E-state index is 11.0. The molecule has 2 unspecified atom stereocenters. The van der Waals surface area contributed by atoms with E-state index in [1.165, 1.54) is 25.7 Å². The molecule has 0 aromatic rings. The van der Waals surface area contributed by atoms with Gasteiger partial charge in [0.05, 0.1) is 5.92 Å². The van der Waals surface area contributed by atoms with Crippen LogP contribution < -0.4 is 0 Å². The number of likely N-dealkylation sites (tertiary alicyclic amines) is 1. The lowest BCUT2D eigenvalue weighted by molar-refractivity contribution is -0.144. The fourth-order valence-electron chi connectivity index (χ4n) is 3.31. The number of nitrogens with zero attached hydrogens (tertiary/aromatic N) is 1. The molecule has 1 aliphatic heterocycles. The Balaban J connectivity index is 1.96. The van der Waals surface area contributed by atoms with E-state index in [0.29, 0.717) is 5.92 Å². The molecule has 15 heavy (non-hydrogen) atoms. The molecular weight excluding hydrogens is 190 g/mol. The molecule has 0 spiro atoms. The first kappa shape index (κ1) is 10.9. The summed E-state index contributed by atoms with van der Waals surface area (Å²) in [5.41, 5.74) is 0. The molecule has 1 heterocycles. The summed E-state index contributed by atoms with van der Waals surface area (Å²) in [6.45, 7) is 1.84. The van der Waals surface area contributed by atoms with Gasteiger partial charge in [-0.1, -0.05) is 25.7 Å². The minimum atomic E-state index is -0.607. The molecule has 2 rings (SSSR count). The summed E-state index contributed by atoms with van der Waals surface area (Å²) in [6.07, 6.45) is 6.26. The number of hydrogen-bond acceptors (Lipinski definition) is 2. The number of piperidine rings is 1. The molecule has 0 aromatic heterocycles. The highest BCUT2D eigenvalue weighted by Crippen LogP contribution is 2.37. The Hall–Kier alpha value is -0.570. The van der Waals surface area contributed by atoms with Crippen molar-refractivity contribution in [2.45, 2.75) is 32.1 Å². The second-order valence-corrected chi connectivity index (χ2v) is 5.30. The van der Waals surface area contributed by atoms with Gasteiger partial charge in [-0.25, -0.2) is 0 Å². The number of aliphatic carboxylic acids is 1. The first-order valence-electron chi connectivity index (χ1n) is 6.08. The maximum Gasteiger partial charge on any atom is 0.307 e. The zero-order chi connectivity index (χ0) is 10.8. The number of rotatable bonds is 2. The Morgan fingerprint density at radius 1 is 1.20 bits per heavy atom. The van der Waals surface area contributed by atoms with E-state index in [-0.39, 0.29) is 5.92 Å². The topological polar surface area (TPSA) is 40.5 Å². The predicted molar refractivity (Wildman–Crippen MR) is 58.7 cm³/mol. The van der Waals surface area contributed by atoms with Crippen LogP contribution in [0.3, 0.4) is 0 Å². The molecule has 0 aromatic carbocycles. The van der Waals surface area contributed by atoms with E-state index in [2.05, 4.69) is 11.9 Å². The van der Waals surface area contributed by atoms with Crippen molar-refractivity contribution in [3.63, 3.8) is 0 Å². The van der Waals surface area contributed by atoms with E-state index in [1.807, 2.05) is 0 Å². The fourth-order valence-corrected chi connectivity index (χ4v) is 3.31. The molecule has 86 valence electrons. The van der Waals surface area contributed by atoms with Gasteiger partial charge < -0.3 is 10.0 Å². The van der Waals surface area contributed by atoms with E-state index in [0.717, 1.165) is 25.4 Å². The van der Waals surface area contributed by atoms with Crippen molar-refractivity contribution in [1.82, 2.24) is 4.90 Å². The second kappa shape index (κ2) is 4.52. The lowest BCUT2D eigenvalue weighted by Crippen LogP contribution is -2.43. The Bertz CT molecular complexity index is 236. The molecule has 1 saturated heterocycles. The Morgan fingerprint density at radius 3 is 2.47 bits per heavy atom. The van der Waals surface area contributed by atoms with Crippen molar-refractivity contribution in [3.05, 3.63) is 0 Å². The van der Waals surface area contributed by atoms with E-state index in [1.54, 1.807) is 0 Å². The van der Waals surface area contributed by atoms with Gasteiger partial charge in [-0.05, 0) is 25.3 Å². The van der Waals surface area contributed by atoms with Crippen LogP contribution in [-0.2, 0) is 4.79 Å². The SMILES string of the molecule is CN1CC(C(=O)O)CC(C2CCCC2)C1. The largest absolute Gasteiger partial charge is 0.481 e. The predicted octanol–water partition coefficient (Wildman–Crippen LogP) is 1.83. The molecule has 2 fully saturated rings. The van der Waals surface area contributed by atoms with Crippen LogP contribution in [0.25, 0.3) is 0 Å². The van der Waals surface area contributed by atoms with Gasteiger partial charge in [-0.3, -0.25) is 4.79 Å². The quantitative estimate of drug-likeness (QED) is 0.757. The van der Waals surface area contributed by atoms with Crippen molar-refractivity contribution in [1.29, 1.82) is 0 Å². The summed E-state index contributed by atoms with van der Waals surface area (Å²) < 4.78 is 0. The zero-order valence-electron chi connectivity index (χ0n) is 9.48. The van der Waals surface area contributed by atoms with E-state index in [4.69, 9.17) is 5.11 Å². The second-order valence-electron chi connectivity index (χ2n) is 5.30. The minimum absolute atomic E-state index is 0.130. The zero-order valence-corrected chi connectivity index (χ0v) is 9.48. The van der Waals surface area contributed by atoms with Gasteiger partial charge >= 0.3 is 5.97 Å². The molecule has 0 amide bonds. The lowest BCUT2D eigenvalue weighted by Gasteiger charge is -2.36. The number of hydrogen-bond donors (Lipinski definition) is 1. The van der Waals surface area contributed by atoms with Crippen LogP contribution in [0.4, 0.5) is 0 Å². The van der Waals surface area contributed by atoms with Crippen LogP contribution in [-0.4, -0.2) is 36.1 Å². The van der Waals surface area contributed by atoms with Gasteiger partial charge in [0.15, 0.2) is 0 Å². The highest BCUT2D eigenvalue weighted by molar-refractivity contribution is 5.70. The summed E-state index contributed by atoms with van der Waals surface area (Å²) in [4.78, 5) is 13.2. The van der Waals surface area contributed by atoms with E-state index < -0.39 is 5.97 Å². The van der Waals surface area contributed by atoms with Gasteiger partial charge in [0.1, 0.15) is 0 Å². The first-order valence-corrected chi connectivity index (χ1v) is 6.08. The van der Waals surface area contributed by atoms with Crippen molar-refractivity contribution < 1.29 is 9.90 Å². The molecule has 3 nitrogen and oxygen atoms in total. The normalized spacial score (nSPS) is 34.5. The van der Waals surface area contributed by atoms with Crippen LogP contribution in [0.15, 0.2) is 0 Å². The number of carboxylic acid groups (broad SMARTS) is 1. The monoisotopic (exact) mass is 211 g/mol. The lowest BCUT2D eigenvalue weighted by atomic mass is 9.80. The van der Waals surface area contributed by atoms with Crippen LogP contribution in [0, 0.1) is 17.8 Å². The highest BCUT2D eigenvalue weighted by atomic mass is 16.4. The van der Waals surface area contributed by atoms with Crippen LogP contribution in [0.2, 0.25) is 0 Å². The highest BCUT2D eigenvalue weighted by Gasteiger charge is 2.34. The fraction of sp³-hybridized carbons (Fsp3) is 0.917. The molecule has 1 N–H and O–H groups in total. The molecule has 0 radical (unpaired) electrons. The summed E-state index contributed by atoms with van der Waals surface area (Å²) in [5, 5.41) is 9.09. The molecule has 1 aliphatic carbocycles. The smallest absolute Gasteiger partial charge is 0.307 e. The maximum atomic E-state index is 11.0. The average molecular weight is 211 g/mol. The van der Waals surface area contributed by atoms with Crippen LogP contribution in [0.5, 0.6) is 0 Å². The summed E-state index contributed by atoms with van der Waals surface area (Å²) >= 11 is 0. The van der Waals surface area contributed by atoms with Crippen LogP contribution >= 0.6 is 0 Å². The molecule has 2 atom stereocenters. The standard InChI is InChI=1S/C12H21NO2/c1-13-7-10(9-4-2-3-5-9)6-11(8-13)12(14)15/h9-11H,2-8H2,1H3,(H,14,15). The van der Waals surface area contributed by atoms with Crippen molar-refractivity contribution in [2.24, 2.45) is 17.8 Å². The van der Waals surface area contributed by atoms with Gasteiger partial charge in [-0.2, -0.15) is 0 Å². The molecule has 3 heteroatoms. The Morgan fingerprint density at radius 2 is 1.87 bits per heavy atom. The molecule has 0 bridgehead atoms. The number of carbonyl (C=O) groups is 1. The van der Waals surface area contributed by atoms with E-state index >= 15 is 0 Å². The third kappa shape index (κ3) is 2.51. The van der Waals surface area contributed by atoms with Crippen LogP contribution in [0.1, 0.15) is 32.1 Å².